The van der Waals surface area contributed by atoms with Gasteiger partial charge in [0.1, 0.15) is 24.7 Å². The number of aliphatic imine (C=N–C) groups is 1. The first-order valence-corrected chi connectivity index (χ1v) is 9.98. The van der Waals surface area contributed by atoms with Crippen molar-refractivity contribution in [1.29, 1.82) is 0 Å². The molecule has 164 valence electrons. The number of aromatic nitrogens is 1. The van der Waals surface area contributed by atoms with Gasteiger partial charge in [-0.2, -0.15) is 0 Å². The Kier molecular flexibility index (Phi) is 10.6. The summed E-state index contributed by atoms with van der Waals surface area (Å²) in [6.45, 7) is 4.35. The number of benzene rings is 2. The van der Waals surface area contributed by atoms with E-state index in [1.165, 1.54) is 5.56 Å². The molecule has 1 heterocycles. The van der Waals surface area contributed by atoms with Crippen LogP contribution in [0.4, 0.5) is 0 Å². The Morgan fingerprint density at radius 2 is 1.77 bits per heavy atom. The summed E-state index contributed by atoms with van der Waals surface area (Å²) in [5.74, 6) is 2.41. The molecule has 0 aliphatic heterocycles. The van der Waals surface area contributed by atoms with Gasteiger partial charge in [0, 0.05) is 19.8 Å². The van der Waals surface area contributed by atoms with E-state index in [1.54, 1.807) is 13.2 Å². The van der Waals surface area contributed by atoms with Gasteiger partial charge < -0.3 is 20.1 Å². The summed E-state index contributed by atoms with van der Waals surface area (Å²) in [4.78, 5) is 8.53. The zero-order chi connectivity index (χ0) is 21.0. The highest BCUT2D eigenvalue weighted by molar-refractivity contribution is 14.0. The van der Waals surface area contributed by atoms with Gasteiger partial charge in [-0.05, 0) is 48.9 Å². The molecule has 0 saturated carbocycles. The van der Waals surface area contributed by atoms with E-state index in [9.17, 15) is 0 Å². The van der Waals surface area contributed by atoms with Gasteiger partial charge in [-0.25, -0.2) is 0 Å². The van der Waals surface area contributed by atoms with Crippen molar-refractivity contribution in [2.45, 2.75) is 20.1 Å². The summed E-state index contributed by atoms with van der Waals surface area (Å²) in [6.07, 6.45) is 1.77. The number of ether oxygens (including phenoxy) is 2. The Morgan fingerprint density at radius 3 is 2.52 bits per heavy atom. The van der Waals surface area contributed by atoms with E-state index in [1.807, 2.05) is 60.7 Å². The van der Waals surface area contributed by atoms with Gasteiger partial charge in [0.25, 0.3) is 0 Å². The number of nitrogens with zero attached hydrogens (tertiary/aromatic N) is 2. The highest BCUT2D eigenvalue weighted by atomic mass is 127. The number of rotatable bonds is 9. The van der Waals surface area contributed by atoms with E-state index < -0.39 is 0 Å². The summed E-state index contributed by atoms with van der Waals surface area (Å²) < 4.78 is 11.6. The quantitative estimate of drug-likeness (QED) is 0.186. The van der Waals surface area contributed by atoms with Gasteiger partial charge in [-0.3, -0.25) is 9.98 Å². The van der Waals surface area contributed by atoms with Crippen LogP contribution < -0.4 is 20.1 Å². The summed E-state index contributed by atoms with van der Waals surface area (Å²) in [5.41, 5.74) is 3.22. The number of guanidine groups is 1. The molecule has 31 heavy (non-hydrogen) atoms. The lowest BCUT2D eigenvalue weighted by atomic mass is 10.2. The summed E-state index contributed by atoms with van der Waals surface area (Å²) in [7, 11) is 1.75. The van der Waals surface area contributed by atoms with E-state index in [-0.39, 0.29) is 24.0 Å². The number of hydrogen-bond donors (Lipinski definition) is 2. The minimum atomic E-state index is 0. The van der Waals surface area contributed by atoms with Crippen molar-refractivity contribution >= 4 is 29.9 Å². The maximum absolute atomic E-state index is 5.84. The third-order valence-electron chi connectivity index (χ3n) is 4.38. The van der Waals surface area contributed by atoms with Crippen LogP contribution in [-0.2, 0) is 13.2 Å². The molecule has 6 nitrogen and oxygen atoms in total. The van der Waals surface area contributed by atoms with E-state index in [0.29, 0.717) is 26.3 Å². The summed E-state index contributed by atoms with van der Waals surface area (Å²) in [5, 5.41) is 6.57. The Morgan fingerprint density at radius 1 is 0.935 bits per heavy atom. The molecule has 7 heteroatoms. The smallest absolute Gasteiger partial charge is 0.191 e. The molecule has 2 N–H and O–H groups in total. The standard InChI is InChI=1S/C24H28N4O2.HI/c1-19-9-11-22(12-10-19)29-15-14-27-24(25-2)28-17-20-6-5-8-23(16-20)30-18-21-7-3-4-13-26-21;/h3-13,16H,14-15,17-18H2,1-2H3,(H2,25,27,28);1H. The zero-order valence-corrected chi connectivity index (χ0v) is 20.2. The molecule has 1 aromatic heterocycles. The molecule has 0 unspecified atom stereocenters. The zero-order valence-electron chi connectivity index (χ0n) is 17.9. The van der Waals surface area contributed by atoms with Crippen LogP contribution in [0.15, 0.2) is 77.9 Å². The average molecular weight is 532 g/mol. The lowest BCUT2D eigenvalue weighted by molar-refractivity contribution is 0.301. The molecule has 3 rings (SSSR count). The van der Waals surface area contributed by atoms with Crippen molar-refractivity contribution in [3.63, 3.8) is 0 Å². The van der Waals surface area contributed by atoms with Crippen molar-refractivity contribution in [1.82, 2.24) is 15.6 Å². The monoisotopic (exact) mass is 532 g/mol. The highest BCUT2D eigenvalue weighted by Gasteiger charge is 2.02. The normalized spacial score (nSPS) is 10.7. The third-order valence-corrected chi connectivity index (χ3v) is 4.38. The van der Waals surface area contributed by atoms with Crippen LogP contribution in [0.25, 0.3) is 0 Å². The van der Waals surface area contributed by atoms with E-state index in [0.717, 1.165) is 28.7 Å². The molecule has 0 spiro atoms. The topological polar surface area (TPSA) is 67.8 Å². The Balaban J connectivity index is 0.00000341. The molecular formula is C24H29IN4O2. The van der Waals surface area contributed by atoms with Gasteiger partial charge in [0.15, 0.2) is 5.96 Å². The summed E-state index contributed by atoms with van der Waals surface area (Å²) >= 11 is 0. The van der Waals surface area contributed by atoms with Crippen molar-refractivity contribution < 1.29 is 9.47 Å². The van der Waals surface area contributed by atoms with Crippen molar-refractivity contribution in [3.8, 4) is 11.5 Å². The number of hydrogen-bond acceptors (Lipinski definition) is 4. The second-order valence-corrected chi connectivity index (χ2v) is 6.77. The second kappa shape index (κ2) is 13.5. The SMILES string of the molecule is CN=C(NCCOc1ccc(C)cc1)NCc1cccc(OCc2ccccn2)c1.I. The van der Waals surface area contributed by atoms with Crippen LogP contribution in [0, 0.1) is 6.92 Å². The van der Waals surface area contributed by atoms with Crippen molar-refractivity contribution in [2.24, 2.45) is 4.99 Å². The molecule has 0 aliphatic rings. The fourth-order valence-corrected chi connectivity index (χ4v) is 2.77. The predicted octanol–water partition coefficient (Wildman–Crippen LogP) is 4.33. The van der Waals surface area contributed by atoms with Crippen LogP contribution in [-0.4, -0.2) is 31.1 Å². The maximum atomic E-state index is 5.84. The maximum Gasteiger partial charge on any atom is 0.191 e. The number of nitrogens with one attached hydrogen (secondary N) is 2. The molecule has 2 aromatic carbocycles. The number of halogens is 1. The first kappa shape index (κ1) is 24.5. The number of pyridine rings is 1. The van der Waals surface area contributed by atoms with Gasteiger partial charge in [0.05, 0.1) is 12.2 Å². The van der Waals surface area contributed by atoms with E-state index >= 15 is 0 Å². The minimum Gasteiger partial charge on any atom is -0.492 e. The molecule has 0 amide bonds. The molecule has 3 aromatic rings. The molecular weight excluding hydrogens is 503 g/mol. The number of aryl methyl sites for hydroxylation is 1. The largest absolute Gasteiger partial charge is 0.492 e. The molecule has 0 atom stereocenters. The van der Waals surface area contributed by atoms with E-state index in [2.05, 4.69) is 33.6 Å². The first-order chi connectivity index (χ1) is 14.7. The predicted molar refractivity (Wildman–Crippen MR) is 135 cm³/mol. The highest BCUT2D eigenvalue weighted by Crippen LogP contribution is 2.15. The van der Waals surface area contributed by atoms with Gasteiger partial charge in [-0.15, -0.1) is 24.0 Å². The molecule has 0 radical (unpaired) electrons. The van der Waals surface area contributed by atoms with Crippen molar-refractivity contribution in [3.05, 3.63) is 89.7 Å². The third kappa shape index (κ3) is 8.84. The minimum absolute atomic E-state index is 0. The molecule has 0 fully saturated rings. The van der Waals surface area contributed by atoms with Crippen molar-refractivity contribution in [2.75, 3.05) is 20.2 Å². The summed E-state index contributed by atoms with van der Waals surface area (Å²) in [6, 6.07) is 21.8. The average Bonchev–Trinajstić information content (AvgIpc) is 2.79. The Labute approximate surface area is 201 Å². The second-order valence-electron chi connectivity index (χ2n) is 6.77. The molecule has 0 bridgehead atoms. The lowest BCUT2D eigenvalue weighted by Crippen LogP contribution is -2.38. The van der Waals surface area contributed by atoms with Crippen LogP contribution in [0.5, 0.6) is 11.5 Å². The van der Waals surface area contributed by atoms with Crippen LogP contribution in [0.1, 0.15) is 16.8 Å². The van der Waals surface area contributed by atoms with Gasteiger partial charge in [0.2, 0.25) is 0 Å². The Bertz CT molecular complexity index is 934. The van der Waals surface area contributed by atoms with Gasteiger partial charge in [-0.1, -0.05) is 35.9 Å². The van der Waals surface area contributed by atoms with Crippen LogP contribution in [0.2, 0.25) is 0 Å². The van der Waals surface area contributed by atoms with Crippen LogP contribution >= 0.6 is 24.0 Å². The Hall–Kier alpha value is -2.81. The molecule has 0 saturated heterocycles. The molecule has 0 aliphatic carbocycles. The first-order valence-electron chi connectivity index (χ1n) is 9.98. The lowest BCUT2D eigenvalue weighted by Gasteiger charge is -2.13. The fourth-order valence-electron chi connectivity index (χ4n) is 2.77. The van der Waals surface area contributed by atoms with Crippen LogP contribution in [0.3, 0.4) is 0 Å². The van der Waals surface area contributed by atoms with Gasteiger partial charge >= 0.3 is 0 Å². The fraction of sp³-hybridized carbons (Fsp3) is 0.250. The van der Waals surface area contributed by atoms with E-state index in [4.69, 9.17) is 9.47 Å².